The lowest BCUT2D eigenvalue weighted by Crippen LogP contribution is -2.40. The molecule has 1 amide bonds. The van der Waals surface area contributed by atoms with Gasteiger partial charge in [0.15, 0.2) is 0 Å². The lowest BCUT2D eigenvalue weighted by Gasteiger charge is -2.31. The summed E-state index contributed by atoms with van der Waals surface area (Å²) in [5.74, 6) is 0. The molecule has 1 aromatic carbocycles. The van der Waals surface area contributed by atoms with Crippen LogP contribution in [0.25, 0.3) is 11.3 Å². The monoisotopic (exact) mass is 308 g/mol. The molecule has 0 spiro atoms. The first-order valence-corrected chi connectivity index (χ1v) is 8.01. The molecule has 1 aliphatic carbocycles. The molecule has 0 N–H and O–H groups in total. The summed E-state index contributed by atoms with van der Waals surface area (Å²) in [4.78, 5) is 18.8. The number of carbonyl (C=O) groups excluding carboxylic acids is 1. The van der Waals surface area contributed by atoms with Crippen LogP contribution in [0.4, 0.5) is 4.79 Å². The maximum absolute atomic E-state index is 12.6. The van der Waals surface area contributed by atoms with Gasteiger partial charge in [-0.25, -0.2) is 9.78 Å². The van der Waals surface area contributed by atoms with E-state index in [0.29, 0.717) is 17.3 Å². The van der Waals surface area contributed by atoms with Gasteiger partial charge in [-0.15, -0.1) is 0 Å². The Morgan fingerprint density at radius 2 is 2.13 bits per heavy atom. The zero-order valence-electron chi connectivity index (χ0n) is 13.3. The Morgan fingerprint density at radius 1 is 1.35 bits per heavy atom. The Kier molecular flexibility index (Phi) is 4.42. The van der Waals surface area contributed by atoms with Crippen molar-refractivity contribution >= 4 is 6.03 Å². The van der Waals surface area contributed by atoms with Crippen molar-refractivity contribution in [1.82, 2.24) is 14.5 Å². The number of carbonyl (C=O) groups is 1. The first-order chi connectivity index (χ1) is 11.2. The molecule has 0 unspecified atom stereocenters. The summed E-state index contributed by atoms with van der Waals surface area (Å²) >= 11 is 0. The number of amides is 1. The third-order valence-corrected chi connectivity index (χ3v) is 4.52. The Morgan fingerprint density at radius 3 is 2.87 bits per heavy atom. The number of benzene rings is 1. The summed E-state index contributed by atoms with van der Waals surface area (Å²) in [5.41, 5.74) is 2.13. The number of hydrogen-bond donors (Lipinski definition) is 0. The van der Waals surface area contributed by atoms with Crippen LogP contribution in [0.3, 0.4) is 0 Å². The Hall–Kier alpha value is -2.61. The summed E-state index contributed by atoms with van der Waals surface area (Å²) in [6, 6.07) is 9.64. The molecule has 5 heteroatoms. The van der Waals surface area contributed by atoms with Gasteiger partial charge >= 0.3 is 6.03 Å². The summed E-state index contributed by atoms with van der Waals surface area (Å²) in [7, 11) is 1.87. The fraction of sp³-hybridized carbons (Fsp3) is 0.389. The van der Waals surface area contributed by atoms with E-state index >= 15 is 0 Å². The average Bonchev–Trinajstić information content (AvgIpc) is 3.11. The maximum Gasteiger partial charge on any atom is 0.329 e. The van der Waals surface area contributed by atoms with Gasteiger partial charge in [0, 0.05) is 24.8 Å². The van der Waals surface area contributed by atoms with Gasteiger partial charge in [-0.1, -0.05) is 31.4 Å². The van der Waals surface area contributed by atoms with Crippen LogP contribution in [-0.2, 0) is 0 Å². The second-order valence-corrected chi connectivity index (χ2v) is 6.04. The highest BCUT2D eigenvalue weighted by Gasteiger charge is 2.23. The first-order valence-electron chi connectivity index (χ1n) is 8.01. The summed E-state index contributed by atoms with van der Waals surface area (Å²) in [6.07, 6.45) is 9.09. The van der Waals surface area contributed by atoms with Crippen molar-refractivity contribution in [3.8, 4) is 17.3 Å². The molecule has 118 valence electrons. The van der Waals surface area contributed by atoms with Gasteiger partial charge in [0.2, 0.25) is 0 Å². The van der Waals surface area contributed by atoms with E-state index < -0.39 is 0 Å². The molecule has 1 heterocycles. The Bertz CT molecular complexity index is 737. The average molecular weight is 308 g/mol. The van der Waals surface area contributed by atoms with Gasteiger partial charge in [-0.2, -0.15) is 5.26 Å². The highest BCUT2D eigenvalue weighted by molar-refractivity contribution is 5.78. The number of nitriles is 1. The van der Waals surface area contributed by atoms with Gasteiger partial charge in [-0.3, -0.25) is 4.57 Å². The zero-order valence-corrected chi connectivity index (χ0v) is 13.3. The SMILES string of the molecule is CN(C(=O)n1cnc(-c2cccc(C#N)c2)c1)C1CCCCC1. The molecule has 3 rings (SSSR count). The molecule has 23 heavy (non-hydrogen) atoms. The normalized spacial score (nSPS) is 15.1. The number of imidazole rings is 1. The maximum atomic E-state index is 12.6. The zero-order chi connectivity index (χ0) is 16.2. The van der Waals surface area contributed by atoms with E-state index in [1.54, 1.807) is 24.7 Å². The largest absolute Gasteiger partial charge is 0.329 e. The van der Waals surface area contributed by atoms with Gasteiger partial charge in [-0.05, 0) is 25.0 Å². The van der Waals surface area contributed by atoms with E-state index in [-0.39, 0.29) is 6.03 Å². The molecule has 5 nitrogen and oxygen atoms in total. The molecule has 0 saturated heterocycles. The molecule has 1 saturated carbocycles. The molecule has 1 aromatic heterocycles. The van der Waals surface area contributed by atoms with Gasteiger partial charge < -0.3 is 4.90 Å². The Balaban J connectivity index is 1.78. The van der Waals surface area contributed by atoms with Crippen LogP contribution in [-0.4, -0.2) is 33.6 Å². The quantitative estimate of drug-likeness (QED) is 0.850. The van der Waals surface area contributed by atoms with Gasteiger partial charge in [0.05, 0.1) is 17.3 Å². The van der Waals surface area contributed by atoms with Crippen molar-refractivity contribution in [2.24, 2.45) is 0 Å². The standard InChI is InChI=1S/C18H20N4O/c1-21(16-8-3-2-4-9-16)18(23)22-12-17(20-13-22)15-7-5-6-14(10-15)11-19/h5-7,10,12-13,16H,2-4,8-9H2,1H3. The molecule has 1 aliphatic rings. The van der Waals surface area contributed by atoms with E-state index in [1.807, 2.05) is 24.1 Å². The van der Waals surface area contributed by atoms with E-state index in [2.05, 4.69) is 11.1 Å². The molecular formula is C18H20N4O. The highest BCUT2D eigenvalue weighted by Crippen LogP contribution is 2.23. The van der Waals surface area contributed by atoms with Crippen LogP contribution < -0.4 is 0 Å². The van der Waals surface area contributed by atoms with Crippen LogP contribution >= 0.6 is 0 Å². The fourth-order valence-electron chi connectivity index (χ4n) is 3.13. The summed E-state index contributed by atoms with van der Waals surface area (Å²) in [5, 5.41) is 8.98. The lowest BCUT2D eigenvalue weighted by molar-refractivity contribution is 0.175. The van der Waals surface area contributed by atoms with Crippen molar-refractivity contribution in [2.45, 2.75) is 38.1 Å². The van der Waals surface area contributed by atoms with Crippen molar-refractivity contribution in [3.63, 3.8) is 0 Å². The van der Waals surface area contributed by atoms with E-state index in [9.17, 15) is 4.79 Å². The third-order valence-electron chi connectivity index (χ3n) is 4.52. The smallest absolute Gasteiger partial charge is 0.324 e. The number of rotatable bonds is 2. The minimum atomic E-state index is -0.0490. The lowest BCUT2D eigenvalue weighted by atomic mass is 9.95. The molecule has 2 aromatic rings. The van der Waals surface area contributed by atoms with E-state index in [0.717, 1.165) is 18.4 Å². The van der Waals surface area contributed by atoms with Gasteiger partial charge in [0.1, 0.15) is 6.33 Å². The number of nitrogens with zero attached hydrogens (tertiary/aromatic N) is 4. The summed E-state index contributed by atoms with van der Waals surface area (Å²) in [6.45, 7) is 0. The van der Waals surface area contributed by atoms with E-state index in [4.69, 9.17) is 5.26 Å². The molecule has 0 bridgehead atoms. The predicted octanol–water partition coefficient (Wildman–Crippen LogP) is 3.65. The highest BCUT2D eigenvalue weighted by atomic mass is 16.2. The topological polar surface area (TPSA) is 61.9 Å². The summed E-state index contributed by atoms with van der Waals surface area (Å²) < 4.78 is 1.53. The fourth-order valence-corrected chi connectivity index (χ4v) is 3.13. The van der Waals surface area contributed by atoms with Crippen molar-refractivity contribution in [1.29, 1.82) is 5.26 Å². The second kappa shape index (κ2) is 6.66. The molecular weight excluding hydrogens is 288 g/mol. The van der Waals surface area contributed by atoms with Crippen LogP contribution in [0.15, 0.2) is 36.8 Å². The van der Waals surface area contributed by atoms with E-state index in [1.165, 1.54) is 23.8 Å². The number of aromatic nitrogens is 2. The van der Waals surface area contributed by atoms with Crippen LogP contribution in [0.2, 0.25) is 0 Å². The van der Waals surface area contributed by atoms with Crippen molar-refractivity contribution in [3.05, 3.63) is 42.4 Å². The second-order valence-electron chi connectivity index (χ2n) is 6.04. The van der Waals surface area contributed by atoms with Crippen LogP contribution in [0, 0.1) is 11.3 Å². The van der Waals surface area contributed by atoms with Crippen molar-refractivity contribution < 1.29 is 4.79 Å². The molecule has 0 radical (unpaired) electrons. The predicted molar refractivity (Wildman–Crippen MR) is 87.8 cm³/mol. The Labute approximate surface area is 136 Å². The molecule has 0 atom stereocenters. The minimum Gasteiger partial charge on any atom is -0.324 e. The first kappa shape index (κ1) is 15.3. The van der Waals surface area contributed by atoms with Crippen LogP contribution in [0.1, 0.15) is 37.7 Å². The number of hydrogen-bond acceptors (Lipinski definition) is 3. The minimum absolute atomic E-state index is 0.0490. The molecule has 0 aliphatic heterocycles. The third kappa shape index (κ3) is 3.26. The van der Waals surface area contributed by atoms with Crippen LogP contribution in [0.5, 0.6) is 0 Å². The van der Waals surface area contributed by atoms with Crippen molar-refractivity contribution in [2.75, 3.05) is 7.05 Å². The molecule has 1 fully saturated rings. The van der Waals surface area contributed by atoms with Gasteiger partial charge in [0.25, 0.3) is 0 Å².